The zero-order valence-corrected chi connectivity index (χ0v) is 11.2. The summed E-state index contributed by atoms with van der Waals surface area (Å²) in [4.78, 5) is 14.6. The van der Waals surface area contributed by atoms with E-state index in [1.165, 1.54) is 32.1 Å². The van der Waals surface area contributed by atoms with E-state index in [1.54, 1.807) is 0 Å². The highest BCUT2D eigenvalue weighted by Crippen LogP contribution is 2.29. The first-order valence-electron chi connectivity index (χ1n) is 7.36. The second-order valence-corrected chi connectivity index (χ2v) is 5.47. The number of nitrogens with zero attached hydrogens (tertiary/aromatic N) is 1. The number of amides is 1. The van der Waals surface area contributed by atoms with Gasteiger partial charge in [0.05, 0.1) is 12.2 Å². The maximum atomic E-state index is 12.4. The zero-order valence-electron chi connectivity index (χ0n) is 11.2. The Morgan fingerprint density at radius 1 is 1.29 bits per heavy atom. The van der Waals surface area contributed by atoms with E-state index in [1.807, 2.05) is 0 Å². The van der Waals surface area contributed by atoms with E-state index in [0.29, 0.717) is 18.1 Å². The first-order valence-corrected chi connectivity index (χ1v) is 7.36. The van der Waals surface area contributed by atoms with Gasteiger partial charge in [-0.25, -0.2) is 0 Å². The maximum absolute atomic E-state index is 12.4. The molecule has 0 aromatic rings. The summed E-state index contributed by atoms with van der Waals surface area (Å²) in [6, 6.07) is 0.618. The Bertz CT molecular complexity index is 261. The molecule has 2 atom stereocenters. The lowest BCUT2D eigenvalue weighted by atomic mass is 10.1. The minimum Gasteiger partial charge on any atom is -0.323 e. The second kappa shape index (κ2) is 5.85. The van der Waals surface area contributed by atoms with Crippen molar-refractivity contribution >= 4 is 5.91 Å². The summed E-state index contributed by atoms with van der Waals surface area (Å²) in [5.41, 5.74) is 0. The SMILES string of the molecule is CCCCC1NC(CC)N(C2CCCC2)C1=O. The van der Waals surface area contributed by atoms with Gasteiger partial charge in [-0.3, -0.25) is 10.1 Å². The third-order valence-corrected chi connectivity index (χ3v) is 4.23. The molecule has 17 heavy (non-hydrogen) atoms. The molecular weight excluding hydrogens is 212 g/mol. The fourth-order valence-corrected chi connectivity index (χ4v) is 3.26. The number of carbonyl (C=O) groups excluding carboxylic acids is 1. The number of unbranched alkanes of at least 4 members (excludes halogenated alkanes) is 1. The number of nitrogens with one attached hydrogen (secondary N) is 1. The molecule has 1 heterocycles. The van der Waals surface area contributed by atoms with Gasteiger partial charge in [0.25, 0.3) is 0 Å². The van der Waals surface area contributed by atoms with Gasteiger partial charge >= 0.3 is 0 Å². The van der Waals surface area contributed by atoms with E-state index in [0.717, 1.165) is 19.3 Å². The zero-order chi connectivity index (χ0) is 12.3. The van der Waals surface area contributed by atoms with Crippen LogP contribution in [-0.4, -0.2) is 29.1 Å². The van der Waals surface area contributed by atoms with E-state index < -0.39 is 0 Å². The van der Waals surface area contributed by atoms with Crippen LogP contribution >= 0.6 is 0 Å². The number of rotatable bonds is 5. The quantitative estimate of drug-likeness (QED) is 0.798. The lowest BCUT2D eigenvalue weighted by molar-refractivity contribution is -0.132. The van der Waals surface area contributed by atoms with Crippen LogP contribution in [0, 0.1) is 0 Å². The maximum Gasteiger partial charge on any atom is 0.241 e. The van der Waals surface area contributed by atoms with Crippen molar-refractivity contribution in [1.82, 2.24) is 10.2 Å². The van der Waals surface area contributed by atoms with Crippen LogP contribution in [0.2, 0.25) is 0 Å². The van der Waals surface area contributed by atoms with Crippen LogP contribution in [0.5, 0.6) is 0 Å². The molecule has 1 saturated carbocycles. The molecule has 2 unspecified atom stereocenters. The fourth-order valence-electron chi connectivity index (χ4n) is 3.26. The van der Waals surface area contributed by atoms with Crippen molar-refractivity contribution in [3.63, 3.8) is 0 Å². The van der Waals surface area contributed by atoms with Gasteiger partial charge in [-0.05, 0) is 25.7 Å². The van der Waals surface area contributed by atoms with Crippen molar-refractivity contribution in [2.45, 2.75) is 83.5 Å². The Morgan fingerprint density at radius 3 is 2.59 bits per heavy atom. The molecule has 0 aromatic carbocycles. The van der Waals surface area contributed by atoms with Crippen LogP contribution < -0.4 is 5.32 Å². The molecule has 1 N–H and O–H groups in total. The largest absolute Gasteiger partial charge is 0.323 e. The van der Waals surface area contributed by atoms with Crippen LogP contribution in [0.3, 0.4) is 0 Å². The lowest BCUT2D eigenvalue weighted by Crippen LogP contribution is -2.43. The smallest absolute Gasteiger partial charge is 0.241 e. The summed E-state index contributed by atoms with van der Waals surface area (Å²) in [5, 5.41) is 3.53. The Labute approximate surface area is 105 Å². The molecule has 2 fully saturated rings. The van der Waals surface area contributed by atoms with Gasteiger partial charge in [-0.15, -0.1) is 0 Å². The third-order valence-electron chi connectivity index (χ3n) is 4.23. The average Bonchev–Trinajstić information content (AvgIpc) is 2.94. The predicted octanol–water partition coefficient (Wildman–Crippen LogP) is 2.66. The van der Waals surface area contributed by atoms with E-state index in [9.17, 15) is 4.79 Å². The molecule has 0 aromatic heterocycles. The molecule has 2 rings (SSSR count). The molecule has 0 spiro atoms. The summed E-state index contributed by atoms with van der Waals surface area (Å²) in [6.45, 7) is 4.36. The molecule has 1 aliphatic carbocycles. The van der Waals surface area contributed by atoms with Crippen molar-refractivity contribution in [3.8, 4) is 0 Å². The Morgan fingerprint density at radius 2 is 2.00 bits per heavy atom. The average molecular weight is 238 g/mol. The minimum absolute atomic E-state index is 0.0977. The van der Waals surface area contributed by atoms with Gasteiger partial charge in [-0.2, -0.15) is 0 Å². The van der Waals surface area contributed by atoms with Gasteiger partial charge in [0.1, 0.15) is 0 Å². The Balaban J connectivity index is 2.00. The third kappa shape index (κ3) is 2.65. The van der Waals surface area contributed by atoms with Crippen molar-refractivity contribution in [2.75, 3.05) is 0 Å². The van der Waals surface area contributed by atoms with Crippen molar-refractivity contribution < 1.29 is 4.79 Å². The monoisotopic (exact) mass is 238 g/mol. The summed E-state index contributed by atoms with van der Waals surface area (Å²) in [6.07, 6.45) is 9.68. The summed E-state index contributed by atoms with van der Waals surface area (Å²) < 4.78 is 0. The van der Waals surface area contributed by atoms with E-state index in [-0.39, 0.29) is 6.04 Å². The van der Waals surface area contributed by atoms with Crippen LogP contribution in [0.25, 0.3) is 0 Å². The molecule has 0 bridgehead atoms. The predicted molar refractivity (Wildman–Crippen MR) is 69.6 cm³/mol. The van der Waals surface area contributed by atoms with Crippen molar-refractivity contribution in [2.24, 2.45) is 0 Å². The molecule has 1 aliphatic heterocycles. The van der Waals surface area contributed by atoms with Crippen molar-refractivity contribution in [1.29, 1.82) is 0 Å². The van der Waals surface area contributed by atoms with Crippen LogP contribution in [-0.2, 0) is 4.79 Å². The van der Waals surface area contributed by atoms with E-state index >= 15 is 0 Å². The highest BCUT2D eigenvalue weighted by Gasteiger charge is 2.41. The second-order valence-electron chi connectivity index (χ2n) is 5.47. The van der Waals surface area contributed by atoms with Gasteiger partial charge in [0, 0.05) is 6.04 Å². The molecule has 1 amide bonds. The highest BCUT2D eigenvalue weighted by molar-refractivity contribution is 5.84. The molecule has 0 radical (unpaired) electrons. The highest BCUT2D eigenvalue weighted by atomic mass is 16.2. The number of carbonyl (C=O) groups is 1. The standard InChI is InChI=1S/C14H26N2O/c1-3-5-10-12-14(17)16(13(4-2)15-12)11-8-6-7-9-11/h11-13,15H,3-10H2,1-2H3. The summed E-state index contributed by atoms with van der Waals surface area (Å²) >= 11 is 0. The number of hydrogen-bond donors (Lipinski definition) is 1. The summed E-state index contributed by atoms with van der Waals surface area (Å²) in [5.74, 6) is 0.372. The Hall–Kier alpha value is -0.570. The van der Waals surface area contributed by atoms with Crippen LogP contribution in [0.15, 0.2) is 0 Å². The topological polar surface area (TPSA) is 32.3 Å². The first kappa shape index (κ1) is 12.9. The lowest BCUT2D eigenvalue weighted by Gasteiger charge is -2.29. The van der Waals surface area contributed by atoms with Gasteiger partial charge < -0.3 is 4.90 Å². The minimum atomic E-state index is 0.0977. The molecule has 3 nitrogen and oxygen atoms in total. The van der Waals surface area contributed by atoms with Gasteiger partial charge in [-0.1, -0.05) is 39.5 Å². The summed E-state index contributed by atoms with van der Waals surface area (Å²) in [7, 11) is 0. The normalized spacial score (nSPS) is 30.5. The first-order chi connectivity index (χ1) is 8.27. The van der Waals surface area contributed by atoms with Crippen LogP contribution in [0.4, 0.5) is 0 Å². The molecule has 98 valence electrons. The van der Waals surface area contributed by atoms with Gasteiger partial charge in [0.2, 0.25) is 5.91 Å². The molecule has 3 heteroatoms. The number of hydrogen-bond acceptors (Lipinski definition) is 2. The fraction of sp³-hybridized carbons (Fsp3) is 0.929. The van der Waals surface area contributed by atoms with E-state index in [4.69, 9.17) is 0 Å². The van der Waals surface area contributed by atoms with Crippen molar-refractivity contribution in [3.05, 3.63) is 0 Å². The van der Waals surface area contributed by atoms with E-state index in [2.05, 4.69) is 24.1 Å². The van der Waals surface area contributed by atoms with Crippen LogP contribution in [0.1, 0.15) is 65.2 Å². The molecule has 1 saturated heterocycles. The molecular formula is C14H26N2O. The van der Waals surface area contributed by atoms with Gasteiger partial charge in [0.15, 0.2) is 0 Å². The Kier molecular flexibility index (Phi) is 4.43. The molecule has 2 aliphatic rings.